The Balaban J connectivity index is 3.28. The standard InChI is InChI=1S/C11H23ClO3S/c1-2-3-4-5-6-7-8-9-10-11(12)16(13,14)15/h11H,2-10H2,1H3,(H,13,14,15). The van der Waals surface area contributed by atoms with Crippen LogP contribution in [-0.4, -0.2) is 17.7 Å². The minimum atomic E-state index is -4.04. The number of unbranched alkanes of at least 4 members (excludes halogenated alkanes) is 7. The van der Waals surface area contributed by atoms with E-state index >= 15 is 0 Å². The van der Waals surface area contributed by atoms with Crippen molar-refractivity contribution in [1.29, 1.82) is 0 Å². The first kappa shape index (κ1) is 16.2. The van der Waals surface area contributed by atoms with E-state index in [0.717, 1.165) is 19.3 Å². The molecule has 98 valence electrons. The van der Waals surface area contributed by atoms with Crippen LogP contribution < -0.4 is 0 Å². The van der Waals surface area contributed by atoms with Gasteiger partial charge in [-0.3, -0.25) is 4.55 Å². The van der Waals surface area contributed by atoms with Gasteiger partial charge in [-0.2, -0.15) is 8.42 Å². The Morgan fingerprint density at radius 1 is 1.00 bits per heavy atom. The van der Waals surface area contributed by atoms with Gasteiger partial charge >= 0.3 is 0 Å². The van der Waals surface area contributed by atoms with Crippen molar-refractivity contribution in [1.82, 2.24) is 0 Å². The third-order valence-corrected chi connectivity index (χ3v) is 4.38. The smallest absolute Gasteiger partial charge is 0.281 e. The molecule has 0 aliphatic heterocycles. The lowest BCUT2D eigenvalue weighted by Gasteiger charge is -2.05. The molecule has 0 saturated heterocycles. The molecule has 16 heavy (non-hydrogen) atoms. The van der Waals surface area contributed by atoms with Gasteiger partial charge in [-0.25, -0.2) is 0 Å². The summed E-state index contributed by atoms with van der Waals surface area (Å²) >= 11 is 5.50. The second-order valence-corrected chi connectivity index (χ2v) is 6.57. The van der Waals surface area contributed by atoms with Crippen LogP contribution in [0.4, 0.5) is 0 Å². The maximum absolute atomic E-state index is 10.6. The van der Waals surface area contributed by atoms with Crippen molar-refractivity contribution < 1.29 is 13.0 Å². The molecule has 0 aliphatic rings. The Kier molecular flexibility index (Phi) is 9.37. The molecule has 0 aromatic heterocycles. The number of hydrogen-bond donors (Lipinski definition) is 1. The number of rotatable bonds is 10. The fraction of sp³-hybridized carbons (Fsp3) is 1.00. The fourth-order valence-electron chi connectivity index (χ4n) is 1.59. The molecular formula is C11H23ClO3S. The van der Waals surface area contributed by atoms with Crippen LogP contribution >= 0.6 is 11.6 Å². The zero-order valence-electron chi connectivity index (χ0n) is 9.99. The summed E-state index contributed by atoms with van der Waals surface area (Å²) in [6, 6.07) is 0. The van der Waals surface area contributed by atoms with Gasteiger partial charge in [0.25, 0.3) is 10.1 Å². The molecule has 0 heterocycles. The predicted octanol–water partition coefficient (Wildman–Crippen LogP) is 3.97. The summed E-state index contributed by atoms with van der Waals surface area (Å²) in [5, 5.41) is 0. The molecule has 0 saturated carbocycles. The molecule has 0 spiro atoms. The lowest BCUT2D eigenvalue weighted by Crippen LogP contribution is -2.13. The Labute approximate surface area is 104 Å². The van der Waals surface area contributed by atoms with Crippen molar-refractivity contribution in [2.45, 2.75) is 69.4 Å². The summed E-state index contributed by atoms with van der Waals surface area (Å²) in [5.41, 5.74) is 0. The minimum absolute atomic E-state index is 0.343. The summed E-state index contributed by atoms with van der Waals surface area (Å²) in [7, 11) is -4.04. The number of alkyl halides is 1. The molecule has 0 aliphatic carbocycles. The predicted molar refractivity (Wildman–Crippen MR) is 68.4 cm³/mol. The quantitative estimate of drug-likeness (QED) is 0.371. The van der Waals surface area contributed by atoms with Crippen molar-refractivity contribution in [3.05, 3.63) is 0 Å². The highest BCUT2D eigenvalue weighted by atomic mass is 35.5. The summed E-state index contributed by atoms with van der Waals surface area (Å²) in [5.74, 6) is 0. The summed E-state index contributed by atoms with van der Waals surface area (Å²) in [4.78, 5) is 0. The molecule has 0 fully saturated rings. The molecule has 0 aromatic rings. The van der Waals surface area contributed by atoms with Crippen molar-refractivity contribution >= 4 is 21.7 Å². The second kappa shape index (κ2) is 9.25. The highest BCUT2D eigenvalue weighted by Gasteiger charge is 2.18. The maximum Gasteiger partial charge on any atom is 0.281 e. The molecule has 0 rings (SSSR count). The first-order chi connectivity index (χ1) is 7.48. The SMILES string of the molecule is CCCCCCCCCCC(Cl)S(=O)(=O)O. The van der Waals surface area contributed by atoms with Crippen molar-refractivity contribution in [3.8, 4) is 0 Å². The van der Waals surface area contributed by atoms with Crippen LogP contribution in [0, 0.1) is 0 Å². The van der Waals surface area contributed by atoms with Gasteiger partial charge < -0.3 is 0 Å². The van der Waals surface area contributed by atoms with E-state index in [1.807, 2.05) is 0 Å². The average molecular weight is 271 g/mol. The van der Waals surface area contributed by atoms with Gasteiger partial charge in [0.1, 0.15) is 0 Å². The fourth-order valence-corrected chi connectivity index (χ4v) is 2.21. The first-order valence-electron chi connectivity index (χ1n) is 6.09. The molecule has 1 unspecified atom stereocenters. The highest BCUT2D eigenvalue weighted by molar-refractivity contribution is 7.87. The summed E-state index contributed by atoms with van der Waals surface area (Å²) < 4.78 is 28.7. The van der Waals surface area contributed by atoms with Crippen LogP contribution in [0.3, 0.4) is 0 Å². The van der Waals surface area contributed by atoms with E-state index in [9.17, 15) is 8.42 Å². The lowest BCUT2D eigenvalue weighted by molar-refractivity contribution is 0.473. The lowest BCUT2D eigenvalue weighted by atomic mass is 10.1. The van der Waals surface area contributed by atoms with Crippen molar-refractivity contribution in [2.24, 2.45) is 0 Å². The zero-order chi connectivity index (χ0) is 12.4. The Morgan fingerprint density at radius 3 is 1.88 bits per heavy atom. The molecule has 5 heteroatoms. The van der Waals surface area contributed by atoms with Crippen LogP contribution in [0.25, 0.3) is 0 Å². The van der Waals surface area contributed by atoms with E-state index < -0.39 is 14.8 Å². The molecule has 0 amide bonds. The van der Waals surface area contributed by atoms with Crippen LogP contribution in [0.15, 0.2) is 0 Å². The maximum atomic E-state index is 10.6. The molecule has 0 bridgehead atoms. The van der Waals surface area contributed by atoms with Gasteiger partial charge in [0.15, 0.2) is 4.71 Å². The molecular weight excluding hydrogens is 248 g/mol. The van der Waals surface area contributed by atoms with Crippen LogP contribution in [-0.2, 0) is 10.1 Å². The zero-order valence-corrected chi connectivity index (χ0v) is 11.6. The van der Waals surface area contributed by atoms with Gasteiger partial charge in [-0.05, 0) is 6.42 Å². The molecule has 3 nitrogen and oxygen atoms in total. The van der Waals surface area contributed by atoms with E-state index in [4.69, 9.17) is 16.2 Å². The molecule has 1 N–H and O–H groups in total. The number of halogens is 1. The van der Waals surface area contributed by atoms with E-state index in [-0.39, 0.29) is 0 Å². The van der Waals surface area contributed by atoms with Crippen LogP contribution in [0.5, 0.6) is 0 Å². The van der Waals surface area contributed by atoms with E-state index in [0.29, 0.717) is 6.42 Å². The van der Waals surface area contributed by atoms with E-state index in [2.05, 4.69) is 6.92 Å². The van der Waals surface area contributed by atoms with Gasteiger partial charge in [0.2, 0.25) is 0 Å². The third kappa shape index (κ3) is 9.43. The highest BCUT2D eigenvalue weighted by Crippen LogP contribution is 2.15. The largest absolute Gasteiger partial charge is 0.284 e. The van der Waals surface area contributed by atoms with Gasteiger partial charge in [0.05, 0.1) is 0 Å². The third-order valence-electron chi connectivity index (χ3n) is 2.61. The van der Waals surface area contributed by atoms with Crippen LogP contribution in [0.2, 0.25) is 0 Å². The molecule has 1 atom stereocenters. The van der Waals surface area contributed by atoms with Gasteiger partial charge in [0, 0.05) is 0 Å². The van der Waals surface area contributed by atoms with Crippen molar-refractivity contribution in [3.63, 3.8) is 0 Å². The first-order valence-corrected chi connectivity index (χ1v) is 8.02. The second-order valence-electron chi connectivity index (χ2n) is 4.19. The normalized spacial score (nSPS) is 13.9. The van der Waals surface area contributed by atoms with Crippen LogP contribution in [0.1, 0.15) is 64.7 Å². The van der Waals surface area contributed by atoms with E-state index in [1.165, 1.54) is 32.1 Å². The van der Waals surface area contributed by atoms with Gasteiger partial charge in [-0.1, -0.05) is 58.3 Å². The average Bonchev–Trinajstić information content (AvgIpc) is 2.20. The summed E-state index contributed by atoms with van der Waals surface area (Å²) in [6.45, 7) is 2.19. The number of hydrogen-bond acceptors (Lipinski definition) is 2. The minimum Gasteiger partial charge on any atom is -0.284 e. The van der Waals surface area contributed by atoms with Gasteiger partial charge in [-0.15, -0.1) is 11.6 Å². The Bertz CT molecular complexity index is 252. The van der Waals surface area contributed by atoms with Crippen molar-refractivity contribution in [2.75, 3.05) is 0 Å². The molecule has 0 radical (unpaired) electrons. The monoisotopic (exact) mass is 270 g/mol. The molecule has 0 aromatic carbocycles. The van der Waals surface area contributed by atoms with E-state index in [1.54, 1.807) is 0 Å². The summed E-state index contributed by atoms with van der Waals surface area (Å²) in [6.07, 6.45) is 9.53. The Morgan fingerprint density at radius 2 is 1.44 bits per heavy atom. The Hall–Kier alpha value is 0.200. The topological polar surface area (TPSA) is 54.4 Å².